The molecule has 1 aromatic heterocycles. The number of para-hydroxylation sites is 2. The van der Waals surface area contributed by atoms with Crippen molar-refractivity contribution in [1.82, 2.24) is 9.97 Å². The summed E-state index contributed by atoms with van der Waals surface area (Å²) >= 11 is 5.99. The maximum atomic E-state index is 5.99. The first-order valence-corrected chi connectivity index (χ1v) is 7.69. The van der Waals surface area contributed by atoms with Crippen LogP contribution in [0, 0.1) is 13.8 Å². The van der Waals surface area contributed by atoms with Crippen molar-refractivity contribution in [3.05, 3.63) is 71.1 Å². The zero-order valence-corrected chi connectivity index (χ0v) is 13.7. The van der Waals surface area contributed by atoms with Gasteiger partial charge >= 0.3 is 0 Å². The molecule has 0 spiro atoms. The Labute approximate surface area is 140 Å². The number of aromatic nitrogens is 2. The van der Waals surface area contributed by atoms with E-state index in [1.807, 2.05) is 31.2 Å². The predicted molar refractivity (Wildman–Crippen MR) is 96.0 cm³/mol. The van der Waals surface area contributed by atoms with Gasteiger partial charge in [-0.15, -0.1) is 0 Å². The van der Waals surface area contributed by atoms with Crippen molar-refractivity contribution in [2.24, 2.45) is 0 Å². The van der Waals surface area contributed by atoms with Gasteiger partial charge in [0.25, 0.3) is 0 Å². The normalized spacial score (nSPS) is 10.4. The molecule has 0 radical (unpaired) electrons. The van der Waals surface area contributed by atoms with Gasteiger partial charge in [0.05, 0.1) is 11.4 Å². The number of rotatable bonds is 4. The predicted octanol–water partition coefficient (Wildman–Crippen LogP) is 5.23. The molecule has 0 aliphatic rings. The van der Waals surface area contributed by atoms with Gasteiger partial charge in [-0.05, 0) is 38.1 Å². The van der Waals surface area contributed by atoms with Crippen LogP contribution in [-0.4, -0.2) is 9.97 Å². The van der Waals surface area contributed by atoms with Crippen LogP contribution in [0.3, 0.4) is 0 Å². The van der Waals surface area contributed by atoms with Crippen LogP contribution in [0.25, 0.3) is 0 Å². The van der Waals surface area contributed by atoms with E-state index < -0.39 is 0 Å². The third-order valence-corrected chi connectivity index (χ3v) is 3.52. The Morgan fingerprint density at radius 3 is 2.13 bits per heavy atom. The van der Waals surface area contributed by atoms with E-state index in [1.54, 1.807) is 6.07 Å². The smallest absolute Gasteiger partial charge is 0.135 e. The third-order valence-electron chi connectivity index (χ3n) is 3.33. The van der Waals surface area contributed by atoms with Crippen molar-refractivity contribution < 1.29 is 0 Å². The molecule has 0 fully saturated rings. The van der Waals surface area contributed by atoms with E-state index in [2.05, 4.69) is 51.8 Å². The minimum Gasteiger partial charge on any atom is -0.354 e. The monoisotopic (exact) mass is 324 g/mol. The van der Waals surface area contributed by atoms with E-state index in [4.69, 9.17) is 11.6 Å². The number of hydrogen-bond acceptors (Lipinski definition) is 4. The van der Waals surface area contributed by atoms with Crippen molar-refractivity contribution in [2.45, 2.75) is 13.8 Å². The Hall–Kier alpha value is -2.59. The van der Waals surface area contributed by atoms with Crippen LogP contribution in [0.1, 0.15) is 11.4 Å². The molecule has 0 unspecified atom stereocenters. The summed E-state index contributed by atoms with van der Waals surface area (Å²) < 4.78 is 0. The molecule has 0 aliphatic heterocycles. The highest BCUT2D eigenvalue weighted by Gasteiger charge is 2.05. The van der Waals surface area contributed by atoms with Crippen LogP contribution in [-0.2, 0) is 0 Å². The molecular weight excluding hydrogens is 308 g/mol. The van der Waals surface area contributed by atoms with Gasteiger partial charge < -0.3 is 10.6 Å². The number of halogens is 1. The summed E-state index contributed by atoms with van der Waals surface area (Å²) in [5.74, 6) is 1.30. The van der Waals surface area contributed by atoms with E-state index in [0.29, 0.717) is 16.8 Å². The summed E-state index contributed by atoms with van der Waals surface area (Å²) in [5.41, 5.74) is 4.14. The molecule has 0 atom stereocenters. The Morgan fingerprint density at radius 2 is 1.48 bits per heavy atom. The second-order valence-corrected chi connectivity index (χ2v) is 5.67. The highest BCUT2D eigenvalue weighted by atomic mass is 35.5. The number of benzene rings is 2. The van der Waals surface area contributed by atoms with E-state index in [9.17, 15) is 0 Å². The highest BCUT2D eigenvalue weighted by molar-refractivity contribution is 6.29. The van der Waals surface area contributed by atoms with Crippen LogP contribution >= 0.6 is 11.6 Å². The second-order valence-electron chi connectivity index (χ2n) is 5.28. The van der Waals surface area contributed by atoms with Gasteiger partial charge in [-0.3, -0.25) is 0 Å². The van der Waals surface area contributed by atoms with Gasteiger partial charge in [0, 0.05) is 11.8 Å². The third kappa shape index (κ3) is 3.99. The summed E-state index contributed by atoms with van der Waals surface area (Å²) in [6.07, 6.45) is 0. The summed E-state index contributed by atoms with van der Waals surface area (Å²) in [7, 11) is 0. The lowest BCUT2D eigenvalue weighted by Gasteiger charge is -2.14. The highest BCUT2D eigenvalue weighted by Crippen LogP contribution is 2.28. The quantitative estimate of drug-likeness (QED) is 0.645. The summed E-state index contributed by atoms with van der Waals surface area (Å²) in [4.78, 5) is 8.43. The molecule has 2 aromatic carbocycles. The van der Waals surface area contributed by atoms with Gasteiger partial charge in [-0.1, -0.05) is 41.4 Å². The molecule has 3 aromatic rings. The van der Waals surface area contributed by atoms with E-state index in [1.165, 1.54) is 5.56 Å². The SMILES string of the molecule is Cc1ccc(Nc2ccccc2Nc2cc(Cl)nc(C)n2)cc1. The lowest BCUT2D eigenvalue weighted by molar-refractivity contribution is 1.06. The topological polar surface area (TPSA) is 49.8 Å². The maximum absolute atomic E-state index is 5.99. The lowest BCUT2D eigenvalue weighted by Crippen LogP contribution is -2.00. The molecule has 0 bridgehead atoms. The average Bonchev–Trinajstić information content (AvgIpc) is 2.50. The molecular formula is C18H17ClN4. The van der Waals surface area contributed by atoms with Crippen LogP contribution in [0.2, 0.25) is 5.15 Å². The molecule has 0 saturated heterocycles. The van der Waals surface area contributed by atoms with Crippen LogP contribution in [0.15, 0.2) is 54.6 Å². The Balaban J connectivity index is 1.86. The number of nitrogens with zero attached hydrogens (tertiary/aromatic N) is 2. The van der Waals surface area contributed by atoms with Gasteiger partial charge in [0.2, 0.25) is 0 Å². The summed E-state index contributed by atoms with van der Waals surface area (Å²) in [5, 5.41) is 7.12. The molecule has 23 heavy (non-hydrogen) atoms. The van der Waals surface area contributed by atoms with Crippen LogP contribution < -0.4 is 10.6 Å². The average molecular weight is 325 g/mol. The van der Waals surface area contributed by atoms with E-state index in [0.717, 1.165) is 17.1 Å². The molecule has 4 nitrogen and oxygen atoms in total. The molecule has 2 N–H and O–H groups in total. The first kappa shape index (κ1) is 15.3. The van der Waals surface area contributed by atoms with E-state index >= 15 is 0 Å². The van der Waals surface area contributed by atoms with Crippen molar-refractivity contribution in [2.75, 3.05) is 10.6 Å². The first-order valence-electron chi connectivity index (χ1n) is 7.31. The fourth-order valence-electron chi connectivity index (χ4n) is 2.23. The molecule has 1 heterocycles. The molecule has 3 rings (SSSR count). The lowest BCUT2D eigenvalue weighted by atomic mass is 10.2. The largest absolute Gasteiger partial charge is 0.354 e. The maximum Gasteiger partial charge on any atom is 0.135 e. The standard InChI is InChI=1S/C18H17ClN4/c1-12-7-9-14(10-8-12)22-15-5-3-4-6-16(15)23-18-11-17(19)20-13(2)21-18/h3-11,22H,1-2H3,(H,20,21,23). The first-order chi connectivity index (χ1) is 11.1. The zero-order chi connectivity index (χ0) is 16.2. The number of aryl methyl sites for hydroxylation is 2. The fourth-order valence-corrected chi connectivity index (χ4v) is 2.45. The fraction of sp³-hybridized carbons (Fsp3) is 0.111. The summed E-state index contributed by atoms with van der Waals surface area (Å²) in [6, 6.07) is 17.9. The minimum absolute atomic E-state index is 0.420. The van der Waals surface area contributed by atoms with Gasteiger partial charge in [0.1, 0.15) is 16.8 Å². The molecule has 0 amide bonds. The minimum atomic E-state index is 0.420. The summed E-state index contributed by atoms with van der Waals surface area (Å²) in [6.45, 7) is 3.88. The number of hydrogen-bond donors (Lipinski definition) is 2. The van der Waals surface area contributed by atoms with Gasteiger partial charge in [-0.25, -0.2) is 9.97 Å². The van der Waals surface area contributed by atoms with Crippen LogP contribution in [0.5, 0.6) is 0 Å². The van der Waals surface area contributed by atoms with E-state index in [-0.39, 0.29) is 0 Å². The van der Waals surface area contributed by atoms with Gasteiger partial charge in [0.15, 0.2) is 0 Å². The second kappa shape index (κ2) is 6.67. The Morgan fingerprint density at radius 1 is 0.826 bits per heavy atom. The molecule has 116 valence electrons. The van der Waals surface area contributed by atoms with Gasteiger partial charge in [-0.2, -0.15) is 0 Å². The molecule has 0 aliphatic carbocycles. The van der Waals surface area contributed by atoms with Crippen LogP contribution in [0.4, 0.5) is 22.9 Å². The van der Waals surface area contributed by atoms with Crippen molar-refractivity contribution in [3.8, 4) is 0 Å². The number of nitrogens with one attached hydrogen (secondary N) is 2. The molecule has 5 heteroatoms. The number of anilines is 4. The van der Waals surface area contributed by atoms with Crippen molar-refractivity contribution >= 4 is 34.5 Å². The molecule has 0 saturated carbocycles. The van der Waals surface area contributed by atoms with Crippen molar-refractivity contribution in [1.29, 1.82) is 0 Å². The van der Waals surface area contributed by atoms with Crippen molar-refractivity contribution in [3.63, 3.8) is 0 Å². The zero-order valence-electron chi connectivity index (χ0n) is 13.0. The Bertz CT molecular complexity index is 795. The Kier molecular flexibility index (Phi) is 4.44.